The Labute approximate surface area is 177 Å². The number of nitrogens with zero attached hydrogens (tertiary/aromatic N) is 2. The van der Waals surface area contributed by atoms with Gasteiger partial charge in [0, 0.05) is 0 Å². The van der Waals surface area contributed by atoms with Crippen molar-refractivity contribution in [3.05, 3.63) is 104 Å². The third-order valence-electron chi connectivity index (χ3n) is 5.16. The molecule has 0 unspecified atom stereocenters. The van der Waals surface area contributed by atoms with Gasteiger partial charge < -0.3 is 0 Å². The molecule has 0 spiro atoms. The van der Waals surface area contributed by atoms with Gasteiger partial charge in [-0.05, 0) is 42.4 Å². The predicted molar refractivity (Wildman–Crippen MR) is 124 cm³/mol. The molecule has 3 aromatic carbocycles. The first-order chi connectivity index (χ1) is 14.1. The van der Waals surface area contributed by atoms with Crippen LogP contribution in [0.1, 0.15) is 11.1 Å². The number of rotatable bonds is 3. The summed E-state index contributed by atoms with van der Waals surface area (Å²) < 4.78 is 4.65. The first-order valence-electron chi connectivity index (χ1n) is 9.41. The zero-order chi connectivity index (χ0) is 20.0. The van der Waals surface area contributed by atoms with Crippen molar-refractivity contribution in [3.8, 4) is 10.4 Å². The maximum atomic E-state index is 13.5. The van der Waals surface area contributed by atoms with Crippen LogP contribution in [0.5, 0.6) is 0 Å². The molecule has 5 aromatic rings. The van der Waals surface area contributed by atoms with E-state index >= 15 is 0 Å². The minimum absolute atomic E-state index is 0.00520. The summed E-state index contributed by atoms with van der Waals surface area (Å²) in [5.41, 5.74) is 5.08. The fourth-order valence-corrected chi connectivity index (χ4v) is 5.15. The molecule has 0 amide bonds. The fourth-order valence-electron chi connectivity index (χ4n) is 3.72. The highest BCUT2D eigenvalue weighted by atomic mass is 32.1. The third kappa shape index (κ3) is 3.03. The molecule has 5 heteroatoms. The number of fused-ring (bicyclic) bond motifs is 3. The number of hydrogen-bond donors (Lipinski definition) is 0. The van der Waals surface area contributed by atoms with E-state index in [2.05, 4.69) is 35.6 Å². The minimum Gasteiger partial charge on any atom is -0.288 e. The second-order valence-corrected chi connectivity index (χ2v) is 8.76. The molecule has 0 fully saturated rings. The van der Waals surface area contributed by atoms with Crippen molar-refractivity contribution in [2.75, 3.05) is 0 Å². The van der Waals surface area contributed by atoms with Crippen molar-refractivity contribution in [1.29, 1.82) is 0 Å². The number of para-hydroxylation sites is 1. The van der Waals surface area contributed by atoms with Gasteiger partial charge in [0.25, 0.3) is 5.56 Å². The van der Waals surface area contributed by atoms with E-state index in [1.54, 1.807) is 11.3 Å². The molecule has 29 heavy (non-hydrogen) atoms. The topological polar surface area (TPSA) is 26.4 Å². The Morgan fingerprint density at radius 2 is 1.59 bits per heavy atom. The van der Waals surface area contributed by atoms with Crippen molar-refractivity contribution >= 4 is 40.1 Å². The largest absolute Gasteiger partial charge is 0.288 e. The molecule has 0 aliphatic carbocycles. The molecule has 0 aliphatic heterocycles. The second kappa shape index (κ2) is 7.10. The normalized spacial score (nSPS) is 11.3. The van der Waals surface area contributed by atoms with Crippen LogP contribution in [0.4, 0.5) is 0 Å². The number of benzene rings is 3. The van der Waals surface area contributed by atoms with E-state index in [0.717, 1.165) is 31.1 Å². The third-order valence-corrected chi connectivity index (χ3v) is 6.57. The summed E-state index contributed by atoms with van der Waals surface area (Å²) in [6, 6.07) is 26.2. The van der Waals surface area contributed by atoms with Gasteiger partial charge >= 0.3 is 0 Å². The molecule has 2 aromatic heterocycles. The van der Waals surface area contributed by atoms with Crippen LogP contribution in [-0.2, 0) is 6.54 Å². The van der Waals surface area contributed by atoms with Crippen molar-refractivity contribution in [3.63, 3.8) is 0 Å². The Morgan fingerprint density at radius 3 is 2.34 bits per heavy atom. The molecule has 0 N–H and O–H groups in total. The number of aromatic nitrogens is 2. The van der Waals surface area contributed by atoms with E-state index in [0.29, 0.717) is 11.9 Å². The lowest BCUT2D eigenvalue weighted by Gasteiger charge is -2.13. The first-order valence-corrected chi connectivity index (χ1v) is 10.6. The summed E-state index contributed by atoms with van der Waals surface area (Å²) in [5, 5.41) is 0.681. The maximum Gasteiger partial charge on any atom is 0.261 e. The molecule has 3 nitrogen and oxygen atoms in total. The van der Waals surface area contributed by atoms with Gasteiger partial charge in [0.15, 0.2) is 3.95 Å². The molecule has 0 bridgehead atoms. The number of aryl methyl sites for hydroxylation is 1. The van der Waals surface area contributed by atoms with Crippen molar-refractivity contribution in [2.24, 2.45) is 0 Å². The summed E-state index contributed by atoms with van der Waals surface area (Å²) in [7, 11) is 0. The molecule has 0 saturated heterocycles. The second-order valence-electron chi connectivity index (χ2n) is 7.12. The van der Waals surface area contributed by atoms with Crippen molar-refractivity contribution in [2.45, 2.75) is 13.5 Å². The Balaban J connectivity index is 1.92. The van der Waals surface area contributed by atoms with Crippen LogP contribution >= 0.6 is 23.6 Å². The van der Waals surface area contributed by atoms with Crippen molar-refractivity contribution < 1.29 is 0 Å². The zero-order valence-electron chi connectivity index (χ0n) is 15.8. The molecule has 5 rings (SSSR count). The standard InChI is InChI=1S/C24H18N2OS2/c1-16-11-13-18(14-12-16)21-22-25(15-17-7-3-2-4-8-17)23(27)19-9-5-6-10-20(19)26(22)24(28)29-21/h2-14H,15H2,1H3. The van der Waals surface area contributed by atoms with E-state index in [4.69, 9.17) is 12.2 Å². The zero-order valence-corrected chi connectivity index (χ0v) is 17.5. The Bertz CT molecular complexity index is 1460. The van der Waals surface area contributed by atoms with E-state index in [9.17, 15) is 4.79 Å². The Morgan fingerprint density at radius 1 is 0.897 bits per heavy atom. The average molecular weight is 415 g/mol. The van der Waals surface area contributed by atoms with E-state index in [-0.39, 0.29) is 5.56 Å². The molecule has 0 saturated carbocycles. The summed E-state index contributed by atoms with van der Waals surface area (Å²) >= 11 is 7.31. The maximum absolute atomic E-state index is 13.5. The monoisotopic (exact) mass is 414 g/mol. The highest BCUT2D eigenvalue weighted by Gasteiger charge is 2.18. The van der Waals surface area contributed by atoms with E-state index < -0.39 is 0 Å². The van der Waals surface area contributed by atoms with Crippen LogP contribution in [0.15, 0.2) is 83.7 Å². The smallest absolute Gasteiger partial charge is 0.261 e. The van der Waals surface area contributed by atoms with Gasteiger partial charge in [-0.15, -0.1) is 11.3 Å². The molecule has 0 atom stereocenters. The van der Waals surface area contributed by atoms with Crippen LogP contribution in [-0.4, -0.2) is 8.97 Å². The van der Waals surface area contributed by atoms with Gasteiger partial charge in [-0.3, -0.25) is 13.8 Å². The fraction of sp³-hybridized carbons (Fsp3) is 0.0833. The SMILES string of the molecule is Cc1ccc(-c2sc(=S)n3c4ccccc4c(=O)n(Cc4ccccc4)c23)cc1. The summed E-state index contributed by atoms with van der Waals surface area (Å²) in [6.07, 6.45) is 0. The molecule has 0 aliphatic rings. The van der Waals surface area contributed by atoms with Gasteiger partial charge in [-0.2, -0.15) is 0 Å². The lowest BCUT2D eigenvalue weighted by atomic mass is 10.1. The van der Waals surface area contributed by atoms with Gasteiger partial charge in [0.2, 0.25) is 0 Å². The van der Waals surface area contributed by atoms with E-state index in [1.165, 1.54) is 5.56 Å². The number of hydrogen-bond acceptors (Lipinski definition) is 3. The number of thiazole rings is 1. The van der Waals surface area contributed by atoms with Crippen LogP contribution < -0.4 is 5.56 Å². The summed E-state index contributed by atoms with van der Waals surface area (Å²) in [6.45, 7) is 2.57. The lowest BCUT2D eigenvalue weighted by molar-refractivity contribution is 0.781. The Hall–Kier alpha value is -3.02. The molecular weight excluding hydrogens is 396 g/mol. The first kappa shape index (κ1) is 18.0. The van der Waals surface area contributed by atoms with E-state index in [1.807, 2.05) is 59.2 Å². The van der Waals surface area contributed by atoms with Gasteiger partial charge in [0.05, 0.1) is 22.3 Å². The lowest BCUT2D eigenvalue weighted by Crippen LogP contribution is -2.23. The predicted octanol–water partition coefficient (Wildman–Crippen LogP) is 6.07. The Kier molecular flexibility index (Phi) is 4.42. The van der Waals surface area contributed by atoms with Gasteiger partial charge in [-0.25, -0.2) is 0 Å². The van der Waals surface area contributed by atoms with Crippen LogP contribution in [0.3, 0.4) is 0 Å². The molecule has 2 heterocycles. The van der Waals surface area contributed by atoms with Crippen LogP contribution in [0, 0.1) is 10.9 Å². The van der Waals surface area contributed by atoms with Gasteiger partial charge in [-0.1, -0.05) is 72.3 Å². The minimum atomic E-state index is 0.00520. The average Bonchev–Trinajstić information content (AvgIpc) is 3.09. The van der Waals surface area contributed by atoms with Crippen LogP contribution in [0.25, 0.3) is 27.0 Å². The molecule has 142 valence electrons. The summed E-state index contributed by atoms with van der Waals surface area (Å²) in [4.78, 5) is 14.5. The van der Waals surface area contributed by atoms with Gasteiger partial charge in [0.1, 0.15) is 5.65 Å². The molecular formula is C24H18N2OS2. The van der Waals surface area contributed by atoms with Crippen LogP contribution in [0.2, 0.25) is 0 Å². The molecule has 0 radical (unpaired) electrons. The quantitative estimate of drug-likeness (QED) is 0.335. The highest BCUT2D eigenvalue weighted by molar-refractivity contribution is 7.73. The van der Waals surface area contributed by atoms with Crippen molar-refractivity contribution in [1.82, 2.24) is 8.97 Å². The summed E-state index contributed by atoms with van der Waals surface area (Å²) in [5.74, 6) is 0. The highest BCUT2D eigenvalue weighted by Crippen LogP contribution is 2.33.